The molecule has 0 atom stereocenters. The van der Waals surface area contributed by atoms with Crippen LogP contribution in [0.5, 0.6) is 0 Å². The van der Waals surface area contributed by atoms with Gasteiger partial charge in [0, 0.05) is 63.4 Å². The lowest BCUT2D eigenvalue weighted by Gasteiger charge is -2.35. The van der Waals surface area contributed by atoms with E-state index in [9.17, 15) is 0 Å². The van der Waals surface area contributed by atoms with Gasteiger partial charge in [0.1, 0.15) is 5.82 Å². The Morgan fingerprint density at radius 3 is 2.58 bits per heavy atom. The summed E-state index contributed by atoms with van der Waals surface area (Å²) in [5.74, 6) is 1.06. The summed E-state index contributed by atoms with van der Waals surface area (Å²) in [6.07, 6.45) is 0. The molecule has 0 amide bonds. The van der Waals surface area contributed by atoms with E-state index in [1.165, 1.54) is 5.56 Å². The second kappa shape index (κ2) is 11.6. The summed E-state index contributed by atoms with van der Waals surface area (Å²) in [5.41, 5.74) is 8.93. The highest BCUT2D eigenvalue weighted by atomic mass is 32.1. The monoisotopic (exact) mass is 443 g/mol. The number of likely N-dealkylation sites (N-methyl/N-ethyl adjacent to an activating group) is 1. The number of nitrogens with two attached hydrogens (primary N) is 1. The molecule has 2 heterocycles. The molecule has 3 rings (SSSR count). The van der Waals surface area contributed by atoms with Crippen molar-refractivity contribution in [3.05, 3.63) is 29.8 Å². The number of thiocarbonyl (C=S) groups is 1. The van der Waals surface area contributed by atoms with Crippen molar-refractivity contribution < 1.29 is 0 Å². The molecule has 170 valence electrons. The third kappa shape index (κ3) is 6.49. The van der Waals surface area contributed by atoms with Crippen LogP contribution in [0.2, 0.25) is 0 Å². The lowest BCUT2D eigenvalue weighted by Crippen LogP contribution is -2.48. The molecule has 4 N–H and O–H groups in total. The van der Waals surface area contributed by atoms with Crippen molar-refractivity contribution in [3.63, 3.8) is 0 Å². The summed E-state index contributed by atoms with van der Waals surface area (Å²) in [6.45, 7) is 16.2. The van der Waals surface area contributed by atoms with Crippen molar-refractivity contribution >= 4 is 39.7 Å². The SMILES string of the molecule is CCN(CC)CCNC(=S)Nc1ccc2nc(N3CCN(CCN)CC3)cc(C)c2c1. The summed E-state index contributed by atoms with van der Waals surface area (Å²) < 4.78 is 0. The van der Waals surface area contributed by atoms with Crippen LogP contribution < -0.4 is 21.3 Å². The van der Waals surface area contributed by atoms with E-state index >= 15 is 0 Å². The Hall–Kier alpha value is -2.00. The first-order valence-corrected chi connectivity index (χ1v) is 11.8. The fraction of sp³-hybridized carbons (Fsp3) is 0.565. The van der Waals surface area contributed by atoms with E-state index in [-0.39, 0.29) is 0 Å². The topological polar surface area (TPSA) is 72.7 Å². The average Bonchev–Trinajstić information content (AvgIpc) is 2.78. The zero-order valence-electron chi connectivity index (χ0n) is 19.2. The molecular formula is C23H37N7S. The largest absolute Gasteiger partial charge is 0.361 e. The van der Waals surface area contributed by atoms with E-state index < -0.39 is 0 Å². The Labute approximate surface area is 192 Å². The van der Waals surface area contributed by atoms with Gasteiger partial charge in [-0.3, -0.25) is 4.90 Å². The maximum absolute atomic E-state index is 5.69. The molecule has 7 nitrogen and oxygen atoms in total. The standard InChI is InChI=1S/C23H37N7S/c1-4-28(5-2)11-9-25-23(31)26-19-6-7-21-20(17-19)18(3)16-22(27-21)30-14-12-29(10-8-24)13-15-30/h6-7,16-17H,4-5,8-15,24H2,1-3H3,(H2,25,26,31). The number of rotatable bonds is 9. The number of fused-ring (bicyclic) bond motifs is 1. The Morgan fingerprint density at radius 2 is 1.90 bits per heavy atom. The van der Waals surface area contributed by atoms with E-state index in [1.54, 1.807) is 0 Å². The van der Waals surface area contributed by atoms with Crippen molar-refractivity contribution in [2.45, 2.75) is 20.8 Å². The quantitative estimate of drug-likeness (QED) is 0.510. The lowest BCUT2D eigenvalue weighted by molar-refractivity contribution is 0.264. The number of hydrogen-bond donors (Lipinski definition) is 3. The summed E-state index contributed by atoms with van der Waals surface area (Å²) in [5, 5.41) is 8.43. The molecule has 31 heavy (non-hydrogen) atoms. The van der Waals surface area contributed by atoms with Gasteiger partial charge < -0.3 is 26.2 Å². The van der Waals surface area contributed by atoms with Gasteiger partial charge in [-0.15, -0.1) is 0 Å². The van der Waals surface area contributed by atoms with Crippen LogP contribution in [0, 0.1) is 6.92 Å². The zero-order chi connectivity index (χ0) is 22.2. The third-order valence-corrected chi connectivity index (χ3v) is 6.26. The number of nitrogens with zero attached hydrogens (tertiary/aromatic N) is 4. The number of aryl methyl sites for hydroxylation is 1. The van der Waals surface area contributed by atoms with Gasteiger partial charge in [-0.25, -0.2) is 4.98 Å². The molecule has 0 saturated carbocycles. The third-order valence-electron chi connectivity index (χ3n) is 6.01. The smallest absolute Gasteiger partial charge is 0.170 e. The van der Waals surface area contributed by atoms with E-state index in [2.05, 4.69) is 70.4 Å². The van der Waals surface area contributed by atoms with Gasteiger partial charge in [-0.1, -0.05) is 13.8 Å². The fourth-order valence-electron chi connectivity index (χ4n) is 4.04. The molecule has 1 aromatic heterocycles. The van der Waals surface area contributed by atoms with Crippen LogP contribution in [0.15, 0.2) is 24.3 Å². The van der Waals surface area contributed by atoms with Crippen LogP contribution in [-0.4, -0.2) is 85.3 Å². The fourth-order valence-corrected chi connectivity index (χ4v) is 4.26. The Morgan fingerprint density at radius 1 is 1.16 bits per heavy atom. The molecule has 1 aromatic carbocycles. The van der Waals surface area contributed by atoms with Crippen LogP contribution in [0.3, 0.4) is 0 Å². The molecule has 1 aliphatic rings. The molecular weight excluding hydrogens is 406 g/mol. The molecule has 1 saturated heterocycles. The van der Waals surface area contributed by atoms with Gasteiger partial charge >= 0.3 is 0 Å². The average molecular weight is 444 g/mol. The number of benzene rings is 1. The van der Waals surface area contributed by atoms with Crippen molar-refractivity contribution in [1.29, 1.82) is 0 Å². The highest BCUT2D eigenvalue weighted by Crippen LogP contribution is 2.26. The summed E-state index contributed by atoms with van der Waals surface area (Å²) >= 11 is 5.48. The summed E-state index contributed by atoms with van der Waals surface area (Å²) in [4.78, 5) is 12.1. The van der Waals surface area contributed by atoms with E-state index in [1.807, 2.05) is 0 Å². The van der Waals surface area contributed by atoms with E-state index in [0.29, 0.717) is 5.11 Å². The number of anilines is 2. The van der Waals surface area contributed by atoms with Gasteiger partial charge in [0.15, 0.2) is 5.11 Å². The van der Waals surface area contributed by atoms with Crippen LogP contribution >= 0.6 is 12.2 Å². The minimum atomic E-state index is 0.657. The Bertz CT molecular complexity index is 860. The lowest BCUT2D eigenvalue weighted by atomic mass is 10.1. The first-order valence-electron chi connectivity index (χ1n) is 11.4. The van der Waals surface area contributed by atoms with Crippen molar-refractivity contribution in [1.82, 2.24) is 20.1 Å². The Balaban J connectivity index is 1.62. The van der Waals surface area contributed by atoms with Gasteiger partial charge in [-0.2, -0.15) is 0 Å². The zero-order valence-corrected chi connectivity index (χ0v) is 20.0. The summed E-state index contributed by atoms with van der Waals surface area (Å²) in [6, 6.07) is 8.47. The van der Waals surface area contributed by atoms with Crippen LogP contribution in [0.25, 0.3) is 10.9 Å². The predicted molar refractivity (Wildman–Crippen MR) is 136 cm³/mol. The number of aromatic nitrogens is 1. The molecule has 0 unspecified atom stereocenters. The maximum Gasteiger partial charge on any atom is 0.170 e. The molecule has 8 heteroatoms. The van der Waals surface area contributed by atoms with Crippen molar-refractivity contribution in [3.8, 4) is 0 Å². The number of hydrogen-bond acceptors (Lipinski definition) is 6. The van der Waals surface area contributed by atoms with E-state index in [4.69, 9.17) is 22.9 Å². The molecule has 2 aromatic rings. The normalized spacial score (nSPS) is 14.9. The highest BCUT2D eigenvalue weighted by molar-refractivity contribution is 7.80. The molecule has 0 spiro atoms. The van der Waals surface area contributed by atoms with Gasteiger partial charge in [0.05, 0.1) is 5.52 Å². The second-order valence-corrected chi connectivity index (χ2v) is 8.46. The molecule has 1 aliphatic heterocycles. The maximum atomic E-state index is 5.69. The predicted octanol–water partition coefficient (Wildman–Crippen LogP) is 2.25. The first-order chi connectivity index (χ1) is 15.0. The van der Waals surface area contributed by atoms with Gasteiger partial charge in [0.25, 0.3) is 0 Å². The Kier molecular flexibility index (Phi) is 8.83. The van der Waals surface area contributed by atoms with Crippen LogP contribution in [0.1, 0.15) is 19.4 Å². The van der Waals surface area contributed by atoms with Crippen molar-refractivity contribution in [2.75, 3.05) is 75.7 Å². The molecule has 1 fully saturated rings. The molecule has 0 bridgehead atoms. The second-order valence-electron chi connectivity index (χ2n) is 8.05. The molecule has 0 aliphatic carbocycles. The number of pyridine rings is 1. The number of nitrogens with one attached hydrogen (secondary N) is 2. The summed E-state index contributed by atoms with van der Waals surface area (Å²) in [7, 11) is 0. The van der Waals surface area contributed by atoms with Crippen molar-refractivity contribution in [2.24, 2.45) is 5.73 Å². The molecule has 0 radical (unpaired) electrons. The van der Waals surface area contributed by atoms with Gasteiger partial charge in [-0.05, 0) is 62.1 Å². The highest BCUT2D eigenvalue weighted by Gasteiger charge is 2.18. The number of piperazine rings is 1. The minimum Gasteiger partial charge on any atom is -0.361 e. The van der Waals surface area contributed by atoms with Crippen LogP contribution in [-0.2, 0) is 0 Å². The first kappa shape index (κ1) is 23.7. The minimum absolute atomic E-state index is 0.657. The van der Waals surface area contributed by atoms with Gasteiger partial charge in [0.2, 0.25) is 0 Å². The van der Waals surface area contributed by atoms with E-state index in [0.717, 1.165) is 87.9 Å². The van der Waals surface area contributed by atoms with Crippen LogP contribution in [0.4, 0.5) is 11.5 Å².